The average Bonchev–Trinajstić information content (AvgIpc) is 3.14. The molecule has 126 valence electrons. The number of carbonyl (C=O) groups is 1. The number of aryl methyl sites for hydroxylation is 1. The van der Waals surface area contributed by atoms with Crippen LogP contribution in [0.5, 0.6) is 5.88 Å². The molecule has 0 aromatic carbocycles. The number of pyridine rings is 1. The van der Waals surface area contributed by atoms with Gasteiger partial charge in [0, 0.05) is 37.5 Å². The molecular weight excluding hydrogens is 333 g/mol. The van der Waals surface area contributed by atoms with Gasteiger partial charge in [-0.15, -0.1) is 11.8 Å². The minimum Gasteiger partial charge on any atom is -0.471 e. The first-order chi connectivity index (χ1) is 11.5. The van der Waals surface area contributed by atoms with Crippen molar-refractivity contribution in [3.8, 4) is 5.88 Å². The molecule has 1 amide bonds. The van der Waals surface area contributed by atoms with Crippen molar-refractivity contribution >= 4 is 17.7 Å². The maximum Gasteiger partial charge on any atom is 0.276 e. The third kappa shape index (κ3) is 2.75. The van der Waals surface area contributed by atoms with Crippen molar-refractivity contribution in [2.24, 2.45) is 0 Å². The molecule has 2 saturated heterocycles. The molecule has 0 radical (unpaired) electrons. The van der Waals surface area contributed by atoms with Crippen LogP contribution in [0.2, 0.25) is 0 Å². The van der Waals surface area contributed by atoms with Crippen molar-refractivity contribution in [2.75, 3.05) is 18.8 Å². The van der Waals surface area contributed by atoms with Crippen molar-refractivity contribution in [1.29, 1.82) is 0 Å². The summed E-state index contributed by atoms with van der Waals surface area (Å²) in [6, 6.07) is 4.52. The molecule has 2 aromatic rings. The summed E-state index contributed by atoms with van der Waals surface area (Å²) in [5.41, 5.74) is 0.341. The molecule has 2 aliphatic rings. The summed E-state index contributed by atoms with van der Waals surface area (Å²) in [7, 11) is 0. The van der Waals surface area contributed by atoms with Crippen LogP contribution < -0.4 is 4.74 Å². The summed E-state index contributed by atoms with van der Waals surface area (Å²) in [6.45, 7) is 3.05. The van der Waals surface area contributed by atoms with Crippen LogP contribution in [0, 0.1) is 12.7 Å². The van der Waals surface area contributed by atoms with Gasteiger partial charge in [0.15, 0.2) is 11.5 Å². The average molecular weight is 349 g/mol. The molecule has 0 saturated carbocycles. The fraction of sp³-hybridized carbons (Fsp3) is 0.438. The molecule has 6 nitrogen and oxygen atoms in total. The molecule has 0 bridgehead atoms. The number of carbonyl (C=O) groups excluding carboxylic acids is 1. The van der Waals surface area contributed by atoms with E-state index in [-0.39, 0.29) is 22.6 Å². The smallest absolute Gasteiger partial charge is 0.276 e. The monoisotopic (exact) mass is 349 g/mol. The van der Waals surface area contributed by atoms with Crippen LogP contribution in [0.15, 0.2) is 28.9 Å². The number of nitrogens with zero attached hydrogens (tertiary/aromatic N) is 3. The van der Waals surface area contributed by atoms with Gasteiger partial charge in [0.2, 0.25) is 0 Å². The van der Waals surface area contributed by atoms with E-state index in [0.717, 1.165) is 12.2 Å². The van der Waals surface area contributed by atoms with E-state index in [2.05, 4.69) is 10.1 Å². The number of likely N-dealkylation sites (tertiary alicyclic amines) is 1. The van der Waals surface area contributed by atoms with E-state index in [4.69, 9.17) is 9.26 Å². The second kappa shape index (κ2) is 5.77. The van der Waals surface area contributed by atoms with Crippen molar-refractivity contribution in [3.05, 3.63) is 41.7 Å². The van der Waals surface area contributed by atoms with E-state index < -0.39 is 5.82 Å². The molecule has 4 rings (SSSR count). The second-order valence-electron chi connectivity index (χ2n) is 6.21. The predicted molar refractivity (Wildman–Crippen MR) is 85.6 cm³/mol. The molecule has 1 spiro atoms. The third-order valence-corrected chi connectivity index (χ3v) is 5.85. The fourth-order valence-electron chi connectivity index (χ4n) is 3.14. The highest BCUT2D eigenvalue weighted by atomic mass is 32.2. The summed E-state index contributed by atoms with van der Waals surface area (Å²) < 4.78 is 24.3. The highest BCUT2D eigenvalue weighted by Gasteiger charge is 2.51. The summed E-state index contributed by atoms with van der Waals surface area (Å²) >= 11 is 1.77. The summed E-state index contributed by atoms with van der Waals surface area (Å²) in [5.74, 6) is 0.870. The molecule has 4 heterocycles. The van der Waals surface area contributed by atoms with E-state index in [0.29, 0.717) is 24.5 Å². The largest absolute Gasteiger partial charge is 0.471 e. The number of hydrogen-bond acceptors (Lipinski definition) is 6. The van der Waals surface area contributed by atoms with Gasteiger partial charge >= 0.3 is 0 Å². The van der Waals surface area contributed by atoms with Gasteiger partial charge in [-0.25, -0.2) is 9.37 Å². The number of thioether (sulfide) groups is 1. The third-order valence-electron chi connectivity index (χ3n) is 4.27. The molecule has 2 fully saturated rings. The van der Waals surface area contributed by atoms with Crippen LogP contribution in [-0.2, 0) is 0 Å². The van der Waals surface area contributed by atoms with E-state index >= 15 is 0 Å². The zero-order valence-corrected chi connectivity index (χ0v) is 13.9. The Morgan fingerprint density at radius 2 is 2.38 bits per heavy atom. The van der Waals surface area contributed by atoms with Crippen molar-refractivity contribution in [1.82, 2.24) is 15.0 Å². The first-order valence-electron chi connectivity index (χ1n) is 7.68. The Bertz CT molecular complexity index is 775. The SMILES string of the molecule is Cc1cc(C(=O)N2CC3(C[C@@H](Oc4ncccc4F)CS3)C2)no1. The van der Waals surface area contributed by atoms with Crippen LogP contribution >= 0.6 is 11.8 Å². The molecule has 2 aliphatic heterocycles. The Morgan fingerprint density at radius 1 is 1.54 bits per heavy atom. The molecule has 1 atom stereocenters. The van der Waals surface area contributed by atoms with E-state index in [9.17, 15) is 9.18 Å². The maximum absolute atomic E-state index is 13.6. The Kier molecular flexibility index (Phi) is 3.71. The van der Waals surface area contributed by atoms with Crippen LogP contribution in [0.25, 0.3) is 0 Å². The molecule has 0 unspecified atom stereocenters. The van der Waals surface area contributed by atoms with Gasteiger partial charge in [0.1, 0.15) is 11.9 Å². The van der Waals surface area contributed by atoms with Crippen LogP contribution in [-0.4, -0.2) is 50.6 Å². The normalized spacial score (nSPS) is 21.8. The van der Waals surface area contributed by atoms with Gasteiger partial charge in [-0.05, 0) is 19.1 Å². The van der Waals surface area contributed by atoms with Crippen LogP contribution in [0.1, 0.15) is 22.7 Å². The van der Waals surface area contributed by atoms with Crippen molar-refractivity contribution in [3.63, 3.8) is 0 Å². The molecule has 8 heteroatoms. The minimum absolute atomic E-state index is 0.00956. The zero-order chi connectivity index (χ0) is 16.7. The lowest BCUT2D eigenvalue weighted by molar-refractivity contribution is 0.0504. The number of ether oxygens (including phenoxy) is 1. The quantitative estimate of drug-likeness (QED) is 0.847. The van der Waals surface area contributed by atoms with Crippen molar-refractivity contribution in [2.45, 2.75) is 24.2 Å². The Labute approximate surface area is 142 Å². The first-order valence-corrected chi connectivity index (χ1v) is 8.67. The summed E-state index contributed by atoms with van der Waals surface area (Å²) in [4.78, 5) is 18.0. The molecule has 0 N–H and O–H groups in total. The Hall–Kier alpha value is -2.09. The molecular formula is C16H16FN3O3S. The molecule has 0 aliphatic carbocycles. The van der Waals surface area contributed by atoms with Gasteiger partial charge in [-0.2, -0.15) is 0 Å². The number of hydrogen-bond donors (Lipinski definition) is 0. The lowest BCUT2D eigenvalue weighted by Gasteiger charge is -2.47. The van der Waals surface area contributed by atoms with E-state index in [1.165, 1.54) is 18.3 Å². The fourth-order valence-corrected chi connectivity index (χ4v) is 4.66. The first kappa shape index (κ1) is 15.4. The standard InChI is InChI=1S/C16H16FN3O3S/c1-10-5-13(19-23-10)15(21)20-8-16(9-20)6-11(7-24-16)22-14-12(17)3-2-4-18-14/h2-5,11H,6-9H2,1H3/t11-/m1/s1. The number of aromatic nitrogens is 2. The van der Waals surface area contributed by atoms with Gasteiger partial charge in [-0.3, -0.25) is 4.79 Å². The highest BCUT2D eigenvalue weighted by molar-refractivity contribution is 8.01. The van der Waals surface area contributed by atoms with Gasteiger partial charge in [0.05, 0.1) is 4.75 Å². The summed E-state index contributed by atoms with van der Waals surface area (Å²) in [6.07, 6.45) is 2.20. The molecule has 2 aromatic heterocycles. The lowest BCUT2D eigenvalue weighted by Crippen LogP contribution is -2.60. The Morgan fingerprint density at radius 3 is 3.08 bits per heavy atom. The summed E-state index contributed by atoms with van der Waals surface area (Å²) in [5, 5.41) is 3.77. The van der Waals surface area contributed by atoms with E-state index in [1.54, 1.807) is 29.7 Å². The topological polar surface area (TPSA) is 68.5 Å². The van der Waals surface area contributed by atoms with Gasteiger partial charge < -0.3 is 14.2 Å². The Balaban J connectivity index is 1.35. The number of halogens is 1. The van der Waals surface area contributed by atoms with Gasteiger partial charge in [-0.1, -0.05) is 5.16 Å². The number of rotatable bonds is 3. The molecule has 24 heavy (non-hydrogen) atoms. The highest BCUT2D eigenvalue weighted by Crippen LogP contribution is 2.46. The van der Waals surface area contributed by atoms with E-state index in [1.807, 2.05) is 0 Å². The number of amides is 1. The van der Waals surface area contributed by atoms with Gasteiger partial charge in [0.25, 0.3) is 11.8 Å². The van der Waals surface area contributed by atoms with Crippen molar-refractivity contribution < 1.29 is 18.4 Å². The lowest BCUT2D eigenvalue weighted by atomic mass is 9.92. The minimum atomic E-state index is -0.449. The predicted octanol–water partition coefficient (Wildman–Crippen LogP) is 2.30. The second-order valence-corrected chi connectivity index (χ2v) is 7.70. The van der Waals surface area contributed by atoms with Crippen LogP contribution in [0.3, 0.4) is 0 Å². The maximum atomic E-state index is 13.6. The van der Waals surface area contributed by atoms with Crippen LogP contribution in [0.4, 0.5) is 4.39 Å². The zero-order valence-electron chi connectivity index (χ0n) is 13.1.